The van der Waals surface area contributed by atoms with Crippen LogP contribution in [0.5, 0.6) is 0 Å². The topological polar surface area (TPSA) is 61.4 Å². The van der Waals surface area contributed by atoms with Gasteiger partial charge in [-0.05, 0) is 48.9 Å². The summed E-state index contributed by atoms with van der Waals surface area (Å²) < 4.78 is 13.3. The van der Waals surface area contributed by atoms with E-state index in [1.807, 2.05) is 44.3 Å². The summed E-state index contributed by atoms with van der Waals surface area (Å²) >= 11 is 1.20. The zero-order valence-corrected chi connectivity index (χ0v) is 17.1. The second-order valence-electron chi connectivity index (χ2n) is 6.60. The highest BCUT2D eigenvalue weighted by Crippen LogP contribution is 2.27. The van der Waals surface area contributed by atoms with Crippen LogP contribution in [0.4, 0.5) is 15.1 Å². The van der Waals surface area contributed by atoms with Crippen molar-refractivity contribution < 1.29 is 14.0 Å². The Balaban J connectivity index is 1.56. The van der Waals surface area contributed by atoms with Crippen molar-refractivity contribution in [2.45, 2.75) is 6.92 Å². The molecule has 150 valence electrons. The van der Waals surface area contributed by atoms with Gasteiger partial charge in [0.15, 0.2) is 0 Å². The summed E-state index contributed by atoms with van der Waals surface area (Å²) in [6, 6.07) is 17.1. The predicted octanol–water partition coefficient (Wildman–Crippen LogP) is 4.31. The highest BCUT2D eigenvalue weighted by Gasteiger charge is 2.16. The van der Waals surface area contributed by atoms with Crippen molar-refractivity contribution in [2.75, 3.05) is 30.4 Å². The number of aryl methyl sites for hydroxylation is 1. The smallest absolute Gasteiger partial charge is 0.261 e. The first-order valence-electron chi connectivity index (χ1n) is 9.16. The van der Waals surface area contributed by atoms with Crippen molar-refractivity contribution in [1.29, 1.82) is 0 Å². The largest absolute Gasteiger partial charge is 0.373 e. The third-order valence-corrected chi connectivity index (χ3v) is 5.53. The van der Waals surface area contributed by atoms with Gasteiger partial charge in [-0.2, -0.15) is 0 Å². The summed E-state index contributed by atoms with van der Waals surface area (Å²) in [6.07, 6.45) is 0. The van der Waals surface area contributed by atoms with Gasteiger partial charge < -0.3 is 15.5 Å². The number of hydrogen-bond donors (Lipinski definition) is 2. The highest BCUT2D eigenvalue weighted by atomic mass is 32.1. The molecule has 0 aliphatic carbocycles. The maximum absolute atomic E-state index is 13.3. The van der Waals surface area contributed by atoms with Gasteiger partial charge in [0.1, 0.15) is 5.82 Å². The van der Waals surface area contributed by atoms with Crippen molar-refractivity contribution >= 4 is 33.8 Å². The van der Waals surface area contributed by atoms with E-state index in [-0.39, 0.29) is 11.5 Å². The summed E-state index contributed by atoms with van der Waals surface area (Å²) in [7, 11) is 1.97. The summed E-state index contributed by atoms with van der Waals surface area (Å²) in [5.41, 5.74) is 2.08. The first-order chi connectivity index (χ1) is 13.9. The molecule has 3 aromatic rings. The van der Waals surface area contributed by atoms with Crippen molar-refractivity contribution in [3.63, 3.8) is 0 Å². The van der Waals surface area contributed by atoms with E-state index < -0.39 is 11.7 Å². The summed E-state index contributed by atoms with van der Waals surface area (Å²) in [5, 5.41) is 6.18. The van der Waals surface area contributed by atoms with Gasteiger partial charge in [-0.1, -0.05) is 24.3 Å². The molecule has 29 heavy (non-hydrogen) atoms. The molecule has 0 spiro atoms. The molecule has 3 rings (SSSR count). The molecular weight excluding hydrogens is 389 g/mol. The standard InChI is InChI=1S/C22H22FN3O2S/c1-15-13-19(25-21(27)16-7-6-8-17(23)14-16)29-20(15)22(28)24-11-12-26(2)18-9-4-3-5-10-18/h3-10,13-14H,11-12H2,1-2H3,(H,24,28)(H,25,27). The number of likely N-dealkylation sites (N-methyl/N-ethyl adjacent to an activating group) is 1. The molecule has 0 bridgehead atoms. The van der Waals surface area contributed by atoms with Crippen molar-refractivity contribution in [3.8, 4) is 0 Å². The molecule has 0 unspecified atom stereocenters. The van der Waals surface area contributed by atoms with Crippen LogP contribution in [0.25, 0.3) is 0 Å². The maximum atomic E-state index is 13.3. The quantitative estimate of drug-likeness (QED) is 0.609. The zero-order valence-electron chi connectivity index (χ0n) is 16.2. The number of thiophene rings is 1. The summed E-state index contributed by atoms with van der Waals surface area (Å²) in [4.78, 5) is 27.4. The SMILES string of the molecule is Cc1cc(NC(=O)c2cccc(F)c2)sc1C(=O)NCCN(C)c1ccccc1. The average molecular weight is 412 g/mol. The third kappa shape index (κ3) is 5.42. The van der Waals surface area contributed by atoms with E-state index in [4.69, 9.17) is 0 Å². The number of anilines is 2. The van der Waals surface area contributed by atoms with Gasteiger partial charge in [0.2, 0.25) is 0 Å². The molecule has 0 atom stereocenters. The van der Waals surface area contributed by atoms with Crippen LogP contribution in [0.3, 0.4) is 0 Å². The highest BCUT2D eigenvalue weighted by molar-refractivity contribution is 7.18. The minimum atomic E-state index is -0.472. The molecule has 0 fully saturated rings. The lowest BCUT2D eigenvalue weighted by molar-refractivity contribution is 0.0957. The van der Waals surface area contributed by atoms with Crippen molar-refractivity contribution in [2.24, 2.45) is 0 Å². The fourth-order valence-electron chi connectivity index (χ4n) is 2.81. The average Bonchev–Trinajstić information content (AvgIpc) is 3.08. The lowest BCUT2D eigenvalue weighted by atomic mass is 10.2. The Morgan fingerprint density at radius 1 is 1.03 bits per heavy atom. The van der Waals surface area contributed by atoms with E-state index in [0.29, 0.717) is 23.0 Å². The molecule has 0 radical (unpaired) electrons. The summed E-state index contributed by atoms with van der Waals surface area (Å²) in [5.74, 6) is -1.07. The van der Waals surface area contributed by atoms with E-state index >= 15 is 0 Å². The number of para-hydroxylation sites is 1. The molecule has 2 N–H and O–H groups in total. The first-order valence-corrected chi connectivity index (χ1v) is 9.97. The molecule has 1 aromatic heterocycles. The minimum absolute atomic E-state index is 0.180. The molecule has 0 saturated carbocycles. The number of rotatable bonds is 7. The molecule has 5 nitrogen and oxygen atoms in total. The van der Waals surface area contributed by atoms with E-state index in [1.54, 1.807) is 6.07 Å². The van der Waals surface area contributed by atoms with Gasteiger partial charge in [-0.3, -0.25) is 9.59 Å². The van der Waals surface area contributed by atoms with Crippen LogP contribution in [-0.4, -0.2) is 32.0 Å². The second-order valence-corrected chi connectivity index (χ2v) is 7.65. The molecule has 7 heteroatoms. The number of nitrogens with zero attached hydrogens (tertiary/aromatic N) is 1. The fourth-order valence-corrected chi connectivity index (χ4v) is 3.80. The van der Waals surface area contributed by atoms with Gasteiger partial charge >= 0.3 is 0 Å². The van der Waals surface area contributed by atoms with Crippen LogP contribution >= 0.6 is 11.3 Å². The van der Waals surface area contributed by atoms with Gasteiger partial charge in [-0.15, -0.1) is 11.3 Å². The number of amides is 2. The Morgan fingerprint density at radius 3 is 2.52 bits per heavy atom. The summed E-state index contributed by atoms with van der Waals surface area (Å²) in [6.45, 7) is 2.98. The Hall–Kier alpha value is -3.19. The van der Waals surface area contributed by atoms with Gasteiger partial charge in [0, 0.05) is 31.4 Å². The molecule has 2 amide bonds. The van der Waals surface area contributed by atoms with Crippen LogP contribution in [-0.2, 0) is 0 Å². The van der Waals surface area contributed by atoms with Crippen LogP contribution < -0.4 is 15.5 Å². The van der Waals surface area contributed by atoms with E-state index in [0.717, 1.165) is 11.3 Å². The molecule has 1 heterocycles. The Morgan fingerprint density at radius 2 is 1.79 bits per heavy atom. The predicted molar refractivity (Wildman–Crippen MR) is 115 cm³/mol. The molecule has 2 aromatic carbocycles. The number of hydrogen-bond acceptors (Lipinski definition) is 4. The number of benzene rings is 2. The second kappa shape index (κ2) is 9.34. The minimum Gasteiger partial charge on any atom is -0.373 e. The number of carbonyl (C=O) groups is 2. The van der Waals surface area contributed by atoms with Crippen LogP contribution in [0.2, 0.25) is 0 Å². The van der Waals surface area contributed by atoms with Crippen LogP contribution in [0, 0.1) is 12.7 Å². The van der Waals surface area contributed by atoms with E-state index in [1.165, 1.54) is 35.6 Å². The Kier molecular flexibility index (Phi) is 6.61. The maximum Gasteiger partial charge on any atom is 0.261 e. The van der Waals surface area contributed by atoms with E-state index in [9.17, 15) is 14.0 Å². The monoisotopic (exact) mass is 411 g/mol. The lowest BCUT2D eigenvalue weighted by Gasteiger charge is -2.19. The van der Waals surface area contributed by atoms with E-state index in [2.05, 4.69) is 15.5 Å². The van der Waals surface area contributed by atoms with Crippen LogP contribution in [0.1, 0.15) is 25.6 Å². The van der Waals surface area contributed by atoms with Crippen molar-refractivity contribution in [1.82, 2.24) is 5.32 Å². The third-order valence-electron chi connectivity index (χ3n) is 4.38. The first kappa shape index (κ1) is 20.5. The van der Waals surface area contributed by atoms with Gasteiger partial charge in [0.25, 0.3) is 11.8 Å². The van der Waals surface area contributed by atoms with Gasteiger partial charge in [0.05, 0.1) is 9.88 Å². The molecular formula is C22H22FN3O2S. The molecule has 0 aliphatic heterocycles. The zero-order chi connectivity index (χ0) is 20.8. The Labute approximate surface area is 173 Å². The normalized spacial score (nSPS) is 10.4. The molecule has 0 saturated heterocycles. The number of nitrogens with one attached hydrogen (secondary N) is 2. The lowest BCUT2D eigenvalue weighted by Crippen LogP contribution is -2.32. The number of halogens is 1. The van der Waals surface area contributed by atoms with Crippen LogP contribution in [0.15, 0.2) is 60.7 Å². The fraction of sp³-hybridized carbons (Fsp3) is 0.182. The van der Waals surface area contributed by atoms with Gasteiger partial charge in [-0.25, -0.2) is 4.39 Å². The van der Waals surface area contributed by atoms with Crippen molar-refractivity contribution in [3.05, 3.63) is 82.5 Å². The molecule has 0 aliphatic rings. The Bertz CT molecular complexity index is 1000. The number of carbonyl (C=O) groups excluding carboxylic acids is 2.